The molecule has 0 amide bonds. The molecule has 1 fully saturated rings. The predicted octanol–water partition coefficient (Wildman–Crippen LogP) is 4.24. The molecule has 1 aromatic heterocycles. The van der Waals surface area contributed by atoms with E-state index in [2.05, 4.69) is 24.0 Å². The summed E-state index contributed by atoms with van der Waals surface area (Å²) >= 11 is 1.79. The lowest BCUT2D eigenvalue weighted by Crippen LogP contribution is -2.21. The van der Waals surface area contributed by atoms with E-state index in [1.54, 1.807) is 11.3 Å². The molecule has 0 saturated heterocycles. The zero-order chi connectivity index (χ0) is 11.4. The van der Waals surface area contributed by atoms with Crippen LogP contribution in [0, 0.1) is 6.92 Å². The van der Waals surface area contributed by atoms with Gasteiger partial charge in [0, 0.05) is 5.41 Å². The van der Waals surface area contributed by atoms with Gasteiger partial charge in [0.15, 0.2) is 0 Å². The Morgan fingerprint density at radius 3 is 2.00 bits per heavy atom. The van der Waals surface area contributed by atoms with Crippen LogP contribution in [0.1, 0.15) is 68.3 Å². The molecule has 0 N–H and O–H groups in total. The summed E-state index contributed by atoms with van der Waals surface area (Å²) in [5, 5.41) is 10.9. The van der Waals surface area contributed by atoms with E-state index < -0.39 is 0 Å². The highest BCUT2D eigenvalue weighted by atomic mass is 32.1. The van der Waals surface area contributed by atoms with E-state index in [0.717, 1.165) is 5.01 Å². The smallest absolute Gasteiger partial charge is 0.123 e. The molecule has 3 heteroatoms. The van der Waals surface area contributed by atoms with E-state index in [9.17, 15) is 0 Å². The Morgan fingerprint density at radius 2 is 1.50 bits per heavy atom. The largest absolute Gasteiger partial charge is 0.144 e. The van der Waals surface area contributed by atoms with Crippen LogP contribution in [0.25, 0.3) is 0 Å². The molecule has 1 aromatic rings. The normalized spacial score (nSPS) is 22.1. The first-order valence-corrected chi connectivity index (χ1v) is 7.33. The van der Waals surface area contributed by atoms with Gasteiger partial charge in [-0.2, -0.15) is 0 Å². The highest BCUT2D eigenvalue weighted by molar-refractivity contribution is 7.11. The number of hydrogen-bond acceptors (Lipinski definition) is 3. The molecule has 1 saturated carbocycles. The maximum absolute atomic E-state index is 4.38. The molecule has 0 spiro atoms. The molecule has 0 aromatic carbocycles. The summed E-state index contributed by atoms with van der Waals surface area (Å²) in [4.78, 5) is 0. The molecular formula is C13H22N2S. The Bertz CT molecular complexity index is 322. The predicted molar refractivity (Wildman–Crippen MR) is 68.9 cm³/mol. The Labute approximate surface area is 102 Å². The van der Waals surface area contributed by atoms with Crippen molar-refractivity contribution < 1.29 is 0 Å². The lowest BCUT2D eigenvalue weighted by Gasteiger charge is -2.26. The monoisotopic (exact) mass is 238 g/mol. The van der Waals surface area contributed by atoms with Crippen LogP contribution in [0.15, 0.2) is 0 Å². The summed E-state index contributed by atoms with van der Waals surface area (Å²) in [6.07, 6.45) is 10.9. The van der Waals surface area contributed by atoms with Crippen LogP contribution >= 0.6 is 11.3 Å². The van der Waals surface area contributed by atoms with E-state index in [0.29, 0.717) is 5.41 Å². The summed E-state index contributed by atoms with van der Waals surface area (Å²) in [5.41, 5.74) is 0.302. The fourth-order valence-corrected chi connectivity index (χ4v) is 3.51. The van der Waals surface area contributed by atoms with Crippen molar-refractivity contribution in [1.82, 2.24) is 10.2 Å². The molecule has 0 atom stereocenters. The van der Waals surface area contributed by atoms with Gasteiger partial charge in [0.25, 0.3) is 0 Å². The average Bonchev–Trinajstić information content (AvgIpc) is 2.71. The van der Waals surface area contributed by atoms with E-state index in [-0.39, 0.29) is 0 Å². The molecule has 0 unspecified atom stereocenters. The summed E-state index contributed by atoms with van der Waals surface area (Å²) < 4.78 is 0. The minimum Gasteiger partial charge on any atom is -0.144 e. The lowest BCUT2D eigenvalue weighted by molar-refractivity contribution is 0.377. The van der Waals surface area contributed by atoms with Gasteiger partial charge >= 0.3 is 0 Å². The number of aromatic nitrogens is 2. The third kappa shape index (κ3) is 2.82. The quantitative estimate of drug-likeness (QED) is 0.731. The molecule has 2 nitrogen and oxygen atoms in total. The second-order valence-electron chi connectivity index (χ2n) is 5.31. The van der Waals surface area contributed by atoms with Crippen LogP contribution in [0.3, 0.4) is 0 Å². The maximum Gasteiger partial charge on any atom is 0.123 e. The summed E-state index contributed by atoms with van der Waals surface area (Å²) in [6.45, 7) is 4.44. The van der Waals surface area contributed by atoms with Crippen LogP contribution < -0.4 is 0 Å². The van der Waals surface area contributed by atoms with Gasteiger partial charge in [-0.25, -0.2) is 0 Å². The minimum absolute atomic E-state index is 0.302. The van der Waals surface area contributed by atoms with Crippen molar-refractivity contribution in [3.05, 3.63) is 10.0 Å². The van der Waals surface area contributed by atoms with E-state index in [1.165, 1.54) is 56.4 Å². The zero-order valence-electron chi connectivity index (χ0n) is 10.5. The van der Waals surface area contributed by atoms with Gasteiger partial charge in [0.2, 0.25) is 0 Å². The first-order valence-electron chi connectivity index (χ1n) is 6.51. The van der Waals surface area contributed by atoms with E-state index in [1.807, 2.05) is 0 Å². The third-order valence-corrected chi connectivity index (χ3v) is 4.89. The standard InChI is InChI=1S/C13H22N2S/c1-11-14-15-12(16-11)13(2)9-7-5-3-4-6-8-10-13/h3-10H2,1-2H3. The second kappa shape index (κ2) is 5.26. The van der Waals surface area contributed by atoms with Crippen molar-refractivity contribution >= 4 is 11.3 Å². The number of aryl methyl sites for hydroxylation is 1. The Kier molecular flexibility index (Phi) is 3.95. The SMILES string of the molecule is Cc1nnc(C2(C)CCCCCCCC2)s1. The molecule has 16 heavy (non-hydrogen) atoms. The van der Waals surface area contributed by atoms with Gasteiger partial charge in [-0.15, -0.1) is 21.5 Å². The van der Waals surface area contributed by atoms with Crippen LogP contribution in [-0.4, -0.2) is 10.2 Å². The van der Waals surface area contributed by atoms with Gasteiger partial charge in [-0.05, 0) is 19.8 Å². The number of rotatable bonds is 1. The van der Waals surface area contributed by atoms with Gasteiger partial charge in [0.05, 0.1) is 0 Å². The van der Waals surface area contributed by atoms with E-state index >= 15 is 0 Å². The number of hydrogen-bond donors (Lipinski definition) is 0. The Morgan fingerprint density at radius 1 is 0.938 bits per heavy atom. The first-order chi connectivity index (χ1) is 7.71. The summed E-state index contributed by atoms with van der Waals surface area (Å²) in [6, 6.07) is 0. The summed E-state index contributed by atoms with van der Waals surface area (Å²) in [5.74, 6) is 0. The van der Waals surface area contributed by atoms with Crippen LogP contribution in [0.5, 0.6) is 0 Å². The molecule has 1 aliphatic rings. The first kappa shape index (κ1) is 12.0. The van der Waals surface area contributed by atoms with Gasteiger partial charge < -0.3 is 0 Å². The third-order valence-electron chi connectivity index (χ3n) is 3.75. The Hall–Kier alpha value is -0.440. The Balaban J connectivity index is 2.12. The number of nitrogens with zero attached hydrogens (tertiary/aromatic N) is 2. The molecule has 0 radical (unpaired) electrons. The van der Waals surface area contributed by atoms with Gasteiger partial charge in [-0.1, -0.05) is 45.4 Å². The van der Waals surface area contributed by atoms with Crippen molar-refractivity contribution in [1.29, 1.82) is 0 Å². The van der Waals surface area contributed by atoms with Crippen molar-refractivity contribution in [3.63, 3.8) is 0 Å². The molecular weight excluding hydrogens is 216 g/mol. The van der Waals surface area contributed by atoms with Crippen molar-refractivity contribution in [3.8, 4) is 0 Å². The highest BCUT2D eigenvalue weighted by Crippen LogP contribution is 2.37. The van der Waals surface area contributed by atoms with Crippen LogP contribution in [0.4, 0.5) is 0 Å². The van der Waals surface area contributed by atoms with Crippen molar-refractivity contribution in [2.75, 3.05) is 0 Å². The molecule has 0 bridgehead atoms. The van der Waals surface area contributed by atoms with Crippen LogP contribution in [-0.2, 0) is 5.41 Å². The lowest BCUT2D eigenvalue weighted by atomic mass is 9.81. The average molecular weight is 238 g/mol. The van der Waals surface area contributed by atoms with Crippen molar-refractivity contribution in [2.45, 2.75) is 70.6 Å². The molecule has 2 rings (SSSR count). The highest BCUT2D eigenvalue weighted by Gasteiger charge is 2.29. The molecule has 0 aliphatic heterocycles. The topological polar surface area (TPSA) is 25.8 Å². The molecule has 1 heterocycles. The fraction of sp³-hybridized carbons (Fsp3) is 0.846. The van der Waals surface area contributed by atoms with Gasteiger partial charge in [-0.3, -0.25) is 0 Å². The molecule has 1 aliphatic carbocycles. The minimum atomic E-state index is 0.302. The molecule has 90 valence electrons. The second-order valence-corrected chi connectivity index (χ2v) is 6.49. The van der Waals surface area contributed by atoms with Crippen molar-refractivity contribution in [2.24, 2.45) is 0 Å². The fourth-order valence-electron chi connectivity index (χ4n) is 2.62. The van der Waals surface area contributed by atoms with E-state index in [4.69, 9.17) is 0 Å². The van der Waals surface area contributed by atoms with Gasteiger partial charge in [0.1, 0.15) is 10.0 Å². The maximum atomic E-state index is 4.38. The summed E-state index contributed by atoms with van der Waals surface area (Å²) in [7, 11) is 0. The van der Waals surface area contributed by atoms with Crippen LogP contribution in [0.2, 0.25) is 0 Å². The zero-order valence-corrected chi connectivity index (χ0v) is 11.3.